The van der Waals surface area contributed by atoms with Crippen LogP contribution in [-0.2, 0) is 9.59 Å². The second kappa shape index (κ2) is 6.73. The highest BCUT2D eigenvalue weighted by Crippen LogP contribution is 2.40. The monoisotopic (exact) mass is 319 g/mol. The number of amides is 1. The molecule has 1 amide bonds. The number of thioether (sulfide) groups is 1. The summed E-state index contributed by atoms with van der Waals surface area (Å²) in [6, 6.07) is 8.15. The van der Waals surface area contributed by atoms with E-state index >= 15 is 0 Å². The van der Waals surface area contributed by atoms with E-state index in [0.29, 0.717) is 12.3 Å². The third kappa shape index (κ3) is 3.29. The number of hydrogen-bond donors (Lipinski definition) is 1. The van der Waals surface area contributed by atoms with E-state index in [2.05, 4.69) is 12.1 Å². The molecule has 0 aromatic heterocycles. The molecule has 0 saturated carbocycles. The number of carbonyl (C=O) groups excluding carboxylic acids is 1. The van der Waals surface area contributed by atoms with Crippen LogP contribution in [0.4, 0.5) is 0 Å². The van der Waals surface area contributed by atoms with Crippen LogP contribution in [0.1, 0.15) is 37.2 Å². The molecule has 5 heteroatoms. The summed E-state index contributed by atoms with van der Waals surface area (Å²) in [5.41, 5.74) is 1.16. The number of aliphatic carboxylic acids is 1. The molecular formula is C17H21NO3S. The van der Waals surface area contributed by atoms with Gasteiger partial charge in [0.2, 0.25) is 5.91 Å². The Morgan fingerprint density at radius 3 is 2.95 bits per heavy atom. The number of nitrogens with zero attached hydrogens (tertiary/aromatic N) is 1. The van der Waals surface area contributed by atoms with Gasteiger partial charge in [-0.05, 0) is 36.8 Å². The summed E-state index contributed by atoms with van der Waals surface area (Å²) >= 11 is 1.76. The third-order valence-electron chi connectivity index (χ3n) is 4.60. The van der Waals surface area contributed by atoms with E-state index < -0.39 is 5.97 Å². The Morgan fingerprint density at radius 1 is 1.32 bits per heavy atom. The summed E-state index contributed by atoms with van der Waals surface area (Å²) in [5, 5.41) is 8.82. The van der Waals surface area contributed by atoms with Crippen molar-refractivity contribution in [3.63, 3.8) is 0 Å². The minimum atomic E-state index is -0.746. The Hall–Kier alpha value is -1.49. The Balaban J connectivity index is 1.64. The van der Waals surface area contributed by atoms with E-state index in [9.17, 15) is 9.59 Å². The summed E-state index contributed by atoms with van der Waals surface area (Å²) in [6.07, 6.45) is 2.90. The van der Waals surface area contributed by atoms with Gasteiger partial charge in [0, 0.05) is 30.2 Å². The van der Waals surface area contributed by atoms with E-state index in [1.165, 1.54) is 4.90 Å². The smallest absolute Gasteiger partial charge is 0.303 e. The molecule has 1 aromatic rings. The first-order valence-electron chi connectivity index (χ1n) is 7.87. The fourth-order valence-electron chi connectivity index (χ4n) is 3.42. The highest BCUT2D eigenvalue weighted by atomic mass is 32.2. The number of hydrogen-bond acceptors (Lipinski definition) is 3. The fourth-order valence-corrected chi connectivity index (χ4v) is 4.64. The van der Waals surface area contributed by atoms with E-state index in [0.717, 1.165) is 37.2 Å². The molecule has 22 heavy (non-hydrogen) atoms. The maximum atomic E-state index is 12.8. The minimum Gasteiger partial charge on any atom is -0.481 e. The lowest BCUT2D eigenvalue weighted by Crippen LogP contribution is -2.42. The van der Waals surface area contributed by atoms with Gasteiger partial charge in [0.1, 0.15) is 0 Å². The van der Waals surface area contributed by atoms with Crippen molar-refractivity contribution in [3.05, 3.63) is 29.8 Å². The van der Waals surface area contributed by atoms with Crippen LogP contribution in [0.15, 0.2) is 29.2 Å². The first kappa shape index (κ1) is 15.4. The molecule has 1 aromatic carbocycles. The number of carbonyl (C=O) groups is 2. The van der Waals surface area contributed by atoms with Crippen LogP contribution in [0.5, 0.6) is 0 Å². The first-order valence-corrected chi connectivity index (χ1v) is 8.86. The number of carboxylic acid groups (broad SMARTS) is 1. The molecule has 1 fully saturated rings. The quantitative estimate of drug-likeness (QED) is 0.927. The summed E-state index contributed by atoms with van der Waals surface area (Å²) in [5.74, 6) is 0.605. The van der Waals surface area contributed by atoms with E-state index in [4.69, 9.17) is 5.11 Å². The molecule has 0 spiro atoms. The lowest BCUT2D eigenvalue weighted by molar-refractivity contribution is -0.137. The highest BCUT2D eigenvalue weighted by molar-refractivity contribution is 7.99. The van der Waals surface area contributed by atoms with Gasteiger partial charge in [-0.15, -0.1) is 11.8 Å². The summed E-state index contributed by atoms with van der Waals surface area (Å²) < 4.78 is 0. The molecule has 0 aliphatic carbocycles. The van der Waals surface area contributed by atoms with Crippen LogP contribution in [0.3, 0.4) is 0 Å². The molecular weight excluding hydrogens is 298 g/mol. The standard InChI is InChI=1S/C17H21NO3S/c19-16(20)8-7-12-4-3-9-18(10-12)17(21)14-11-22-15-6-2-1-5-13(14)15/h1-2,5-6,12,14H,3-4,7-11H2,(H,19,20)/t12-,14+/m1/s1. The molecule has 3 rings (SSSR count). The second-order valence-corrected chi connectivity index (χ2v) is 7.19. The summed E-state index contributed by atoms with van der Waals surface area (Å²) in [4.78, 5) is 26.7. The van der Waals surface area contributed by atoms with Gasteiger partial charge in [0.15, 0.2) is 0 Å². The van der Waals surface area contributed by atoms with Crippen LogP contribution < -0.4 is 0 Å². The zero-order chi connectivity index (χ0) is 15.5. The molecule has 118 valence electrons. The maximum Gasteiger partial charge on any atom is 0.303 e. The van der Waals surface area contributed by atoms with Crippen LogP contribution in [0.2, 0.25) is 0 Å². The van der Waals surface area contributed by atoms with E-state index in [1.807, 2.05) is 17.0 Å². The van der Waals surface area contributed by atoms with Crippen molar-refractivity contribution < 1.29 is 14.7 Å². The number of rotatable bonds is 4. The van der Waals surface area contributed by atoms with E-state index in [-0.39, 0.29) is 18.2 Å². The van der Waals surface area contributed by atoms with Gasteiger partial charge in [0.05, 0.1) is 5.92 Å². The lowest BCUT2D eigenvalue weighted by Gasteiger charge is -2.34. The zero-order valence-corrected chi connectivity index (χ0v) is 13.3. The Labute approximate surface area is 134 Å². The highest BCUT2D eigenvalue weighted by Gasteiger charge is 2.34. The van der Waals surface area contributed by atoms with Crippen LogP contribution in [0, 0.1) is 5.92 Å². The van der Waals surface area contributed by atoms with Gasteiger partial charge in [-0.1, -0.05) is 18.2 Å². The average molecular weight is 319 g/mol. The van der Waals surface area contributed by atoms with Crippen molar-refractivity contribution in [2.75, 3.05) is 18.8 Å². The predicted octanol–water partition coefficient (Wildman–Crippen LogP) is 2.98. The normalized spacial score (nSPS) is 24.1. The van der Waals surface area contributed by atoms with Crippen molar-refractivity contribution >= 4 is 23.6 Å². The SMILES string of the molecule is O=C(O)CC[C@H]1CCCN(C(=O)[C@H]2CSc3ccccc32)C1. The van der Waals surface area contributed by atoms with Crippen molar-refractivity contribution in [1.29, 1.82) is 0 Å². The molecule has 0 radical (unpaired) electrons. The molecule has 2 atom stereocenters. The minimum absolute atomic E-state index is 0.0283. The maximum absolute atomic E-state index is 12.8. The van der Waals surface area contributed by atoms with Gasteiger partial charge in [-0.2, -0.15) is 0 Å². The largest absolute Gasteiger partial charge is 0.481 e. The number of carboxylic acids is 1. The Kier molecular flexibility index (Phi) is 4.71. The molecule has 4 nitrogen and oxygen atoms in total. The molecule has 0 unspecified atom stereocenters. The molecule has 2 heterocycles. The second-order valence-electron chi connectivity index (χ2n) is 6.13. The summed E-state index contributed by atoms with van der Waals surface area (Å²) in [6.45, 7) is 1.53. The first-order chi connectivity index (χ1) is 10.6. The Bertz CT molecular complexity index is 575. The third-order valence-corrected chi connectivity index (χ3v) is 5.78. The van der Waals surface area contributed by atoms with Gasteiger partial charge in [-0.25, -0.2) is 0 Å². The molecule has 1 N–H and O–H groups in total. The number of likely N-dealkylation sites (tertiary alicyclic amines) is 1. The van der Waals surface area contributed by atoms with Gasteiger partial charge in [0.25, 0.3) is 0 Å². The molecule has 1 saturated heterocycles. The summed E-state index contributed by atoms with van der Waals surface area (Å²) in [7, 11) is 0. The average Bonchev–Trinajstić information content (AvgIpc) is 2.96. The molecule has 2 aliphatic rings. The van der Waals surface area contributed by atoms with Crippen LogP contribution >= 0.6 is 11.8 Å². The van der Waals surface area contributed by atoms with Gasteiger partial charge >= 0.3 is 5.97 Å². The van der Waals surface area contributed by atoms with Crippen LogP contribution in [0.25, 0.3) is 0 Å². The zero-order valence-electron chi connectivity index (χ0n) is 12.5. The number of piperidine rings is 1. The topological polar surface area (TPSA) is 57.6 Å². The molecule has 0 bridgehead atoms. The Morgan fingerprint density at radius 2 is 2.14 bits per heavy atom. The fraction of sp³-hybridized carbons (Fsp3) is 0.529. The predicted molar refractivity (Wildman–Crippen MR) is 86.1 cm³/mol. The molecule has 2 aliphatic heterocycles. The number of fused-ring (bicyclic) bond motifs is 1. The van der Waals surface area contributed by atoms with Gasteiger partial charge < -0.3 is 10.0 Å². The van der Waals surface area contributed by atoms with Crippen LogP contribution in [-0.4, -0.2) is 40.7 Å². The van der Waals surface area contributed by atoms with E-state index in [1.54, 1.807) is 11.8 Å². The van der Waals surface area contributed by atoms with Crippen molar-refractivity contribution in [2.24, 2.45) is 5.92 Å². The van der Waals surface area contributed by atoms with Gasteiger partial charge in [-0.3, -0.25) is 9.59 Å². The van der Waals surface area contributed by atoms with Crippen molar-refractivity contribution in [1.82, 2.24) is 4.90 Å². The number of benzene rings is 1. The lowest BCUT2D eigenvalue weighted by atomic mass is 9.91. The van der Waals surface area contributed by atoms with Crippen molar-refractivity contribution in [3.8, 4) is 0 Å². The van der Waals surface area contributed by atoms with Crippen molar-refractivity contribution in [2.45, 2.75) is 36.5 Å².